The molecule has 0 bridgehead atoms. The fourth-order valence-corrected chi connectivity index (χ4v) is 2.60. The van der Waals surface area contributed by atoms with E-state index in [1.54, 1.807) is 27.5 Å². The molecule has 19 heavy (non-hydrogen) atoms. The Balaban J connectivity index is 2.28. The number of carbonyl (C=O) groups excluding carboxylic acids is 1. The van der Waals surface area contributed by atoms with Crippen LogP contribution in [0.25, 0.3) is 0 Å². The average molecular weight is 384 g/mol. The van der Waals surface area contributed by atoms with E-state index in [9.17, 15) is 18.0 Å². The first-order valence-electron chi connectivity index (χ1n) is 5.76. The second kappa shape index (κ2) is 5.66. The van der Waals surface area contributed by atoms with Crippen molar-refractivity contribution < 1.29 is 18.0 Å². The highest BCUT2D eigenvalue weighted by Crippen LogP contribution is 2.31. The van der Waals surface area contributed by atoms with E-state index in [-0.39, 0.29) is 11.5 Å². The number of alkyl halides is 3. The summed E-state index contributed by atoms with van der Waals surface area (Å²) in [6.07, 6.45) is -4.43. The molecule has 0 unspecified atom stereocenters. The Morgan fingerprint density at radius 2 is 1.84 bits per heavy atom. The lowest BCUT2D eigenvalue weighted by molar-refractivity contribution is -0.137. The van der Waals surface area contributed by atoms with Crippen molar-refractivity contribution >= 4 is 28.5 Å². The number of benzene rings is 1. The molecule has 1 aromatic rings. The molecule has 104 valence electrons. The van der Waals surface area contributed by atoms with Crippen molar-refractivity contribution in [2.45, 2.75) is 6.18 Å². The van der Waals surface area contributed by atoms with E-state index in [0.717, 1.165) is 12.1 Å². The predicted molar refractivity (Wildman–Crippen MR) is 72.9 cm³/mol. The largest absolute Gasteiger partial charge is 0.416 e. The van der Waals surface area contributed by atoms with Gasteiger partial charge in [0.2, 0.25) is 0 Å². The zero-order valence-corrected chi connectivity index (χ0v) is 12.1. The number of amides is 1. The lowest BCUT2D eigenvalue weighted by Crippen LogP contribution is -2.46. The van der Waals surface area contributed by atoms with Crippen LogP contribution >= 0.6 is 22.6 Å². The lowest BCUT2D eigenvalue weighted by Gasteiger charge is -2.27. The van der Waals surface area contributed by atoms with Gasteiger partial charge in [0.25, 0.3) is 5.91 Å². The highest BCUT2D eigenvalue weighted by atomic mass is 127. The molecular weight excluding hydrogens is 372 g/mol. The molecule has 1 aliphatic rings. The van der Waals surface area contributed by atoms with Gasteiger partial charge in [-0.15, -0.1) is 0 Å². The zero-order chi connectivity index (χ0) is 14.0. The van der Waals surface area contributed by atoms with Crippen molar-refractivity contribution in [1.29, 1.82) is 0 Å². The van der Waals surface area contributed by atoms with Crippen LogP contribution in [0.3, 0.4) is 0 Å². The van der Waals surface area contributed by atoms with E-state index >= 15 is 0 Å². The Hall–Kier alpha value is -0.830. The van der Waals surface area contributed by atoms with Gasteiger partial charge in [0, 0.05) is 35.3 Å². The van der Waals surface area contributed by atoms with Gasteiger partial charge in [0.15, 0.2) is 0 Å². The number of carbonyl (C=O) groups is 1. The van der Waals surface area contributed by atoms with Crippen LogP contribution in [-0.2, 0) is 6.18 Å². The van der Waals surface area contributed by atoms with Gasteiger partial charge in [-0.25, -0.2) is 0 Å². The Morgan fingerprint density at radius 3 is 2.42 bits per heavy atom. The van der Waals surface area contributed by atoms with Gasteiger partial charge in [-0.3, -0.25) is 4.79 Å². The molecule has 1 saturated heterocycles. The standard InChI is InChI=1S/C12H12F3IN2O/c13-12(14,15)9-5-8(6-10(16)7-9)11(19)18-3-1-17-2-4-18/h5-7,17H,1-4H2. The SMILES string of the molecule is O=C(c1cc(I)cc(C(F)(F)F)c1)N1CCNCC1. The fraction of sp³-hybridized carbons (Fsp3) is 0.417. The molecule has 0 aliphatic carbocycles. The molecule has 1 fully saturated rings. The lowest BCUT2D eigenvalue weighted by atomic mass is 10.1. The molecule has 1 aliphatic heterocycles. The summed E-state index contributed by atoms with van der Waals surface area (Å²) in [6.45, 7) is 2.38. The van der Waals surface area contributed by atoms with Gasteiger partial charge in [0.05, 0.1) is 5.56 Å². The topological polar surface area (TPSA) is 32.3 Å². The van der Waals surface area contributed by atoms with Crippen LogP contribution < -0.4 is 5.32 Å². The quantitative estimate of drug-likeness (QED) is 0.755. The summed E-state index contributed by atoms with van der Waals surface area (Å²) >= 11 is 1.79. The van der Waals surface area contributed by atoms with Gasteiger partial charge in [0.1, 0.15) is 0 Å². The molecule has 0 saturated carbocycles. The Labute approximate surface area is 122 Å². The van der Waals surface area contributed by atoms with Crippen LogP contribution in [-0.4, -0.2) is 37.0 Å². The molecule has 0 radical (unpaired) electrons. The molecule has 3 nitrogen and oxygen atoms in total. The summed E-state index contributed by atoms with van der Waals surface area (Å²) in [5.41, 5.74) is -0.681. The van der Waals surface area contributed by atoms with Crippen molar-refractivity contribution in [2.24, 2.45) is 0 Å². The maximum absolute atomic E-state index is 12.7. The van der Waals surface area contributed by atoms with Crippen molar-refractivity contribution in [3.8, 4) is 0 Å². The predicted octanol–water partition coefficient (Wildman–Crippen LogP) is 2.36. The summed E-state index contributed by atoms with van der Waals surface area (Å²) in [5.74, 6) is -0.342. The molecule has 7 heteroatoms. The van der Waals surface area contributed by atoms with Crippen LogP contribution in [0.1, 0.15) is 15.9 Å². The highest BCUT2D eigenvalue weighted by Gasteiger charge is 2.32. The fourth-order valence-electron chi connectivity index (χ4n) is 1.93. The Morgan fingerprint density at radius 1 is 1.21 bits per heavy atom. The van der Waals surface area contributed by atoms with Gasteiger partial charge < -0.3 is 10.2 Å². The maximum atomic E-state index is 12.7. The molecule has 1 heterocycles. The molecule has 1 aromatic carbocycles. The van der Waals surface area contributed by atoms with Gasteiger partial charge in [-0.05, 0) is 40.8 Å². The van der Waals surface area contributed by atoms with E-state index in [1.807, 2.05) is 0 Å². The zero-order valence-electron chi connectivity index (χ0n) is 9.93. The Bertz CT molecular complexity index is 484. The smallest absolute Gasteiger partial charge is 0.336 e. The summed E-state index contributed by atoms with van der Waals surface area (Å²) in [5, 5.41) is 3.09. The second-order valence-corrected chi connectivity index (χ2v) is 5.51. The minimum absolute atomic E-state index is 0.0983. The normalized spacial score (nSPS) is 16.5. The maximum Gasteiger partial charge on any atom is 0.416 e. The summed E-state index contributed by atoms with van der Waals surface area (Å²) in [4.78, 5) is 13.7. The first-order valence-corrected chi connectivity index (χ1v) is 6.83. The summed E-state index contributed by atoms with van der Waals surface area (Å²) < 4.78 is 38.6. The van der Waals surface area contributed by atoms with Gasteiger partial charge >= 0.3 is 6.18 Å². The second-order valence-electron chi connectivity index (χ2n) is 4.27. The summed E-state index contributed by atoms with van der Waals surface area (Å²) in [7, 11) is 0. The van der Waals surface area contributed by atoms with E-state index in [2.05, 4.69) is 5.32 Å². The van der Waals surface area contributed by atoms with Gasteiger partial charge in [-0.1, -0.05) is 0 Å². The van der Waals surface area contributed by atoms with E-state index in [1.165, 1.54) is 6.07 Å². The van der Waals surface area contributed by atoms with Crippen molar-refractivity contribution in [3.63, 3.8) is 0 Å². The van der Waals surface area contributed by atoms with E-state index in [0.29, 0.717) is 29.7 Å². The molecular formula is C12H12F3IN2O. The number of nitrogens with one attached hydrogen (secondary N) is 1. The number of hydrogen-bond acceptors (Lipinski definition) is 2. The van der Waals surface area contributed by atoms with Crippen molar-refractivity contribution in [2.75, 3.05) is 26.2 Å². The van der Waals surface area contributed by atoms with Crippen LogP contribution in [0, 0.1) is 3.57 Å². The van der Waals surface area contributed by atoms with Crippen molar-refractivity contribution in [1.82, 2.24) is 10.2 Å². The number of nitrogens with zero attached hydrogens (tertiary/aromatic N) is 1. The molecule has 0 spiro atoms. The van der Waals surface area contributed by atoms with Crippen LogP contribution in [0.15, 0.2) is 18.2 Å². The number of piperazine rings is 1. The van der Waals surface area contributed by atoms with E-state index < -0.39 is 11.7 Å². The molecule has 0 atom stereocenters. The average Bonchev–Trinajstić information content (AvgIpc) is 2.37. The third kappa shape index (κ3) is 3.59. The van der Waals surface area contributed by atoms with E-state index in [4.69, 9.17) is 0 Å². The molecule has 0 aromatic heterocycles. The molecule has 2 rings (SSSR count). The summed E-state index contributed by atoms with van der Waals surface area (Å²) in [6, 6.07) is 3.45. The van der Waals surface area contributed by atoms with Crippen LogP contribution in [0.4, 0.5) is 13.2 Å². The number of halogens is 4. The first kappa shape index (κ1) is 14.6. The highest BCUT2D eigenvalue weighted by molar-refractivity contribution is 14.1. The first-order chi connectivity index (χ1) is 8.88. The van der Waals surface area contributed by atoms with Crippen molar-refractivity contribution in [3.05, 3.63) is 32.9 Å². The molecule has 1 amide bonds. The van der Waals surface area contributed by atoms with Crippen LogP contribution in [0.2, 0.25) is 0 Å². The third-order valence-electron chi connectivity index (χ3n) is 2.88. The molecule has 1 N–H and O–H groups in total. The van der Waals surface area contributed by atoms with Gasteiger partial charge in [-0.2, -0.15) is 13.2 Å². The Kier molecular flexibility index (Phi) is 4.34. The third-order valence-corrected chi connectivity index (χ3v) is 3.50. The number of hydrogen-bond donors (Lipinski definition) is 1. The number of rotatable bonds is 1. The monoisotopic (exact) mass is 384 g/mol. The minimum Gasteiger partial charge on any atom is -0.336 e. The minimum atomic E-state index is -4.43. The van der Waals surface area contributed by atoms with Crippen LogP contribution in [0.5, 0.6) is 0 Å².